The Labute approximate surface area is 117 Å². The number of carbonyl (C=O) groups is 1. The molecule has 0 atom stereocenters. The van der Waals surface area contributed by atoms with Crippen molar-refractivity contribution in [2.24, 2.45) is 23.5 Å². The fraction of sp³-hybridized carbons (Fsp3) is 0.333. The molecule has 0 saturated carbocycles. The second-order valence-corrected chi connectivity index (χ2v) is 5.25. The van der Waals surface area contributed by atoms with Crippen LogP contribution in [-0.4, -0.2) is 16.4 Å². The molecule has 1 heterocycles. The van der Waals surface area contributed by atoms with Crippen molar-refractivity contribution < 1.29 is 4.79 Å². The summed E-state index contributed by atoms with van der Waals surface area (Å²) < 4.78 is 1.91. The minimum atomic E-state index is -0.355. The van der Waals surface area contributed by atoms with Gasteiger partial charge in [0.15, 0.2) is 5.96 Å². The number of guanidine groups is 1. The van der Waals surface area contributed by atoms with Crippen LogP contribution in [0.15, 0.2) is 23.2 Å². The fourth-order valence-corrected chi connectivity index (χ4v) is 3.17. The monoisotopic (exact) mass is 270 g/mol. The van der Waals surface area contributed by atoms with E-state index in [4.69, 9.17) is 11.5 Å². The maximum Gasteiger partial charge on any atom is 0.297 e. The van der Waals surface area contributed by atoms with Crippen molar-refractivity contribution in [2.45, 2.75) is 25.7 Å². The molecule has 20 heavy (non-hydrogen) atoms. The lowest BCUT2D eigenvalue weighted by Gasteiger charge is -2.04. The zero-order chi connectivity index (χ0) is 14.3. The summed E-state index contributed by atoms with van der Waals surface area (Å²) in [7, 11) is 1.90. The minimum absolute atomic E-state index is 0.193. The van der Waals surface area contributed by atoms with Gasteiger partial charge in [0.1, 0.15) is 5.69 Å². The molecule has 0 bridgehead atoms. The number of benzene rings is 1. The van der Waals surface area contributed by atoms with Gasteiger partial charge in [-0.25, -0.2) is 0 Å². The van der Waals surface area contributed by atoms with E-state index in [2.05, 4.69) is 11.1 Å². The van der Waals surface area contributed by atoms with Crippen molar-refractivity contribution in [1.29, 1.82) is 0 Å². The molecule has 2 aromatic rings. The second-order valence-electron chi connectivity index (χ2n) is 5.25. The van der Waals surface area contributed by atoms with Crippen molar-refractivity contribution in [3.8, 4) is 0 Å². The summed E-state index contributed by atoms with van der Waals surface area (Å²) in [5.41, 5.74) is 14.8. The highest BCUT2D eigenvalue weighted by Crippen LogP contribution is 2.33. The summed E-state index contributed by atoms with van der Waals surface area (Å²) in [5, 5.41) is 1.21. The molecule has 0 aliphatic heterocycles. The third-order valence-electron chi connectivity index (χ3n) is 3.97. The molecule has 0 fully saturated rings. The van der Waals surface area contributed by atoms with Gasteiger partial charge in [-0.2, -0.15) is 4.99 Å². The summed E-state index contributed by atoms with van der Waals surface area (Å²) >= 11 is 0. The van der Waals surface area contributed by atoms with E-state index in [0.29, 0.717) is 5.69 Å². The lowest BCUT2D eigenvalue weighted by atomic mass is 10.0. The Balaban J connectivity index is 2.32. The van der Waals surface area contributed by atoms with Crippen LogP contribution in [0.1, 0.15) is 34.5 Å². The van der Waals surface area contributed by atoms with Crippen molar-refractivity contribution in [2.75, 3.05) is 0 Å². The number of amides is 1. The lowest BCUT2D eigenvalue weighted by molar-refractivity contribution is 0.0994. The van der Waals surface area contributed by atoms with Crippen molar-refractivity contribution >= 4 is 22.8 Å². The van der Waals surface area contributed by atoms with Crippen LogP contribution in [0, 0.1) is 0 Å². The molecule has 1 aliphatic carbocycles. The molecule has 3 rings (SSSR count). The summed E-state index contributed by atoms with van der Waals surface area (Å²) in [6.07, 6.45) is 4.18. The molecule has 104 valence electrons. The van der Waals surface area contributed by atoms with Crippen LogP contribution < -0.4 is 11.5 Å². The highest BCUT2D eigenvalue weighted by atomic mass is 16.1. The summed E-state index contributed by atoms with van der Waals surface area (Å²) in [5.74, 6) is -0.548. The van der Waals surface area contributed by atoms with Crippen molar-refractivity contribution in [3.05, 3.63) is 35.0 Å². The second kappa shape index (κ2) is 4.67. The van der Waals surface area contributed by atoms with E-state index >= 15 is 0 Å². The van der Waals surface area contributed by atoms with Crippen LogP contribution in [0.3, 0.4) is 0 Å². The predicted octanol–water partition coefficient (Wildman–Crippen LogP) is 1.47. The molecule has 0 saturated heterocycles. The zero-order valence-corrected chi connectivity index (χ0v) is 11.5. The third kappa shape index (κ3) is 1.86. The quantitative estimate of drug-likeness (QED) is 0.607. The molecular formula is C15H18N4O. The predicted molar refractivity (Wildman–Crippen MR) is 79.7 cm³/mol. The molecular weight excluding hydrogens is 252 g/mol. The Morgan fingerprint density at radius 1 is 1.25 bits per heavy atom. The Bertz CT molecular complexity index is 723. The van der Waals surface area contributed by atoms with Gasteiger partial charge in [0, 0.05) is 18.0 Å². The van der Waals surface area contributed by atoms with Crippen LogP contribution in [0.5, 0.6) is 0 Å². The molecule has 5 heteroatoms. The molecule has 0 radical (unpaired) electrons. The Hall–Kier alpha value is -2.30. The first kappa shape index (κ1) is 12.7. The number of hydrogen-bond donors (Lipinski definition) is 2. The zero-order valence-electron chi connectivity index (χ0n) is 11.5. The number of nitrogens with zero attached hydrogens (tertiary/aromatic N) is 2. The number of rotatable bonds is 1. The smallest absolute Gasteiger partial charge is 0.297 e. The largest absolute Gasteiger partial charge is 0.370 e. The van der Waals surface area contributed by atoms with Gasteiger partial charge in [-0.1, -0.05) is 12.1 Å². The molecule has 4 N–H and O–H groups in total. The average molecular weight is 270 g/mol. The molecule has 1 amide bonds. The first-order valence-corrected chi connectivity index (χ1v) is 6.82. The van der Waals surface area contributed by atoms with Crippen molar-refractivity contribution in [3.63, 3.8) is 0 Å². The van der Waals surface area contributed by atoms with E-state index in [0.717, 1.165) is 36.8 Å². The number of aliphatic imine (C=N–C) groups is 1. The molecule has 5 nitrogen and oxygen atoms in total. The Kier molecular flexibility index (Phi) is 2.97. The van der Waals surface area contributed by atoms with E-state index in [9.17, 15) is 4.79 Å². The number of hydrogen-bond acceptors (Lipinski definition) is 1. The van der Waals surface area contributed by atoms with Crippen LogP contribution in [0.2, 0.25) is 0 Å². The lowest BCUT2D eigenvalue weighted by Crippen LogP contribution is -2.25. The topological polar surface area (TPSA) is 86.4 Å². The molecule has 0 unspecified atom stereocenters. The molecule has 0 spiro atoms. The van der Waals surface area contributed by atoms with E-state index in [1.54, 1.807) is 0 Å². The van der Waals surface area contributed by atoms with Gasteiger partial charge in [-0.05, 0) is 42.9 Å². The van der Waals surface area contributed by atoms with Crippen LogP contribution in [0.25, 0.3) is 10.9 Å². The van der Waals surface area contributed by atoms with Crippen LogP contribution in [0.4, 0.5) is 0 Å². The molecule has 1 aliphatic rings. The number of aromatic nitrogens is 1. The maximum atomic E-state index is 12.3. The van der Waals surface area contributed by atoms with E-state index in [1.165, 1.54) is 10.9 Å². The maximum absolute atomic E-state index is 12.3. The number of aryl methyl sites for hydroxylation is 3. The minimum Gasteiger partial charge on any atom is -0.370 e. The van der Waals surface area contributed by atoms with Gasteiger partial charge in [0.25, 0.3) is 5.91 Å². The summed E-state index contributed by atoms with van der Waals surface area (Å²) in [6.45, 7) is 0. The van der Waals surface area contributed by atoms with Gasteiger partial charge >= 0.3 is 0 Å². The number of nitrogens with two attached hydrogens (primary N) is 2. The molecule has 1 aromatic heterocycles. The van der Waals surface area contributed by atoms with Gasteiger partial charge < -0.3 is 16.0 Å². The highest BCUT2D eigenvalue weighted by molar-refractivity contribution is 6.06. The van der Waals surface area contributed by atoms with E-state index in [-0.39, 0.29) is 11.9 Å². The highest BCUT2D eigenvalue weighted by Gasteiger charge is 2.23. The first-order chi connectivity index (χ1) is 9.59. The van der Waals surface area contributed by atoms with Gasteiger partial charge in [-0.3, -0.25) is 4.79 Å². The summed E-state index contributed by atoms with van der Waals surface area (Å²) in [6, 6.07) is 6.23. The SMILES string of the molecule is Cn1c(C(=O)N=C(N)N)c2c3c(cccc31)CCCC2. The van der Waals surface area contributed by atoms with E-state index in [1.807, 2.05) is 23.7 Å². The summed E-state index contributed by atoms with van der Waals surface area (Å²) in [4.78, 5) is 16.0. The normalized spacial score (nSPS) is 14.1. The fourth-order valence-electron chi connectivity index (χ4n) is 3.17. The third-order valence-corrected chi connectivity index (χ3v) is 3.97. The van der Waals surface area contributed by atoms with Crippen LogP contribution >= 0.6 is 0 Å². The van der Waals surface area contributed by atoms with Gasteiger partial charge in [0.05, 0.1) is 0 Å². The molecule has 1 aromatic carbocycles. The van der Waals surface area contributed by atoms with E-state index < -0.39 is 0 Å². The van der Waals surface area contributed by atoms with Crippen LogP contribution in [-0.2, 0) is 19.9 Å². The Morgan fingerprint density at radius 2 is 2.00 bits per heavy atom. The van der Waals surface area contributed by atoms with Gasteiger partial charge in [0.2, 0.25) is 0 Å². The average Bonchev–Trinajstić information content (AvgIpc) is 2.56. The van der Waals surface area contributed by atoms with Gasteiger partial charge in [-0.15, -0.1) is 0 Å². The van der Waals surface area contributed by atoms with Crippen molar-refractivity contribution in [1.82, 2.24) is 4.57 Å². The Morgan fingerprint density at radius 3 is 2.75 bits per heavy atom. The standard InChI is InChI=1S/C15H18N4O/c1-19-11-8-4-6-9-5-2-3-7-10(12(9)11)13(19)14(20)18-15(16)17/h4,6,8H,2-3,5,7H2,1H3,(H4,16,17,18,20). The number of carbonyl (C=O) groups excluding carboxylic acids is 1. The first-order valence-electron chi connectivity index (χ1n) is 6.82.